The van der Waals surface area contributed by atoms with Crippen LogP contribution >= 0.6 is 0 Å². The number of benzene rings is 2. The number of nitrogens with two attached hydrogens (primary N) is 1. The minimum absolute atomic E-state index is 0.107. The van der Waals surface area contributed by atoms with Crippen molar-refractivity contribution in [3.63, 3.8) is 0 Å². The molecule has 0 aliphatic carbocycles. The zero-order valence-electron chi connectivity index (χ0n) is 11.6. The predicted molar refractivity (Wildman–Crippen MR) is 80.1 cm³/mol. The third-order valence-electron chi connectivity index (χ3n) is 3.17. The molecule has 1 heterocycles. The number of nitrogens with one attached hydrogen (secondary N) is 1. The lowest BCUT2D eigenvalue weighted by Gasteiger charge is -2.11. The van der Waals surface area contributed by atoms with Gasteiger partial charge < -0.3 is 15.8 Å². The van der Waals surface area contributed by atoms with E-state index >= 15 is 0 Å². The van der Waals surface area contributed by atoms with Crippen molar-refractivity contribution in [3.8, 4) is 5.75 Å². The number of nitrogens with zero attached hydrogens (tertiary/aromatic N) is 2. The van der Waals surface area contributed by atoms with Gasteiger partial charge in [-0.3, -0.25) is 0 Å². The van der Waals surface area contributed by atoms with Gasteiger partial charge in [0.2, 0.25) is 0 Å². The Morgan fingerprint density at radius 3 is 2.68 bits per heavy atom. The van der Waals surface area contributed by atoms with Crippen molar-refractivity contribution in [1.82, 2.24) is 9.97 Å². The molecule has 0 unspecified atom stereocenters. The summed E-state index contributed by atoms with van der Waals surface area (Å²) in [7, 11) is 1.51. The van der Waals surface area contributed by atoms with Crippen molar-refractivity contribution < 1.29 is 13.5 Å². The standard InChI is InChI=1S/C15H12F2N4O/c1-22-14-6-13-9(5-11(14)18)15(20-7-19-13)21-12-3-2-8(16)4-10(12)17/h2-7H,18H2,1H3,(H,19,20,21). The second-order valence-electron chi connectivity index (χ2n) is 4.58. The number of halogens is 2. The molecule has 3 rings (SSSR count). The lowest BCUT2D eigenvalue weighted by molar-refractivity contribution is 0.417. The zero-order valence-corrected chi connectivity index (χ0v) is 11.6. The first-order valence-electron chi connectivity index (χ1n) is 6.39. The van der Waals surface area contributed by atoms with Gasteiger partial charge in [0, 0.05) is 17.5 Å². The molecule has 0 spiro atoms. The van der Waals surface area contributed by atoms with E-state index in [4.69, 9.17) is 10.5 Å². The first kappa shape index (κ1) is 14.0. The van der Waals surface area contributed by atoms with Crippen molar-refractivity contribution in [2.45, 2.75) is 0 Å². The first-order chi connectivity index (χ1) is 10.6. The lowest BCUT2D eigenvalue weighted by Crippen LogP contribution is -2.00. The van der Waals surface area contributed by atoms with E-state index in [0.29, 0.717) is 28.2 Å². The van der Waals surface area contributed by atoms with Gasteiger partial charge >= 0.3 is 0 Å². The second kappa shape index (κ2) is 5.44. The van der Waals surface area contributed by atoms with Crippen LogP contribution in [0.2, 0.25) is 0 Å². The molecule has 5 nitrogen and oxygen atoms in total. The molecule has 3 N–H and O–H groups in total. The molecule has 0 aliphatic heterocycles. The fourth-order valence-corrected chi connectivity index (χ4v) is 2.10. The Morgan fingerprint density at radius 1 is 1.14 bits per heavy atom. The third-order valence-corrected chi connectivity index (χ3v) is 3.17. The molecule has 7 heteroatoms. The monoisotopic (exact) mass is 302 g/mol. The summed E-state index contributed by atoms with van der Waals surface area (Å²) >= 11 is 0. The number of nitrogen functional groups attached to an aromatic ring is 1. The highest BCUT2D eigenvalue weighted by Crippen LogP contribution is 2.31. The number of aromatic nitrogens is 2. The van der Waals surface area contributed by atoms with E-state index in [1.165, 1.54) is 19.5 Å². The highest BCUT2D eigenvalue weighted by Gasteiger charge is 2.11. The van der Waals surface area contributed by atoms with Gasteiger partial charge in [-0.05, 0) is 18.2 Å². The number of rotatable bonds is 3. The van der Waals surface area contributed by atoms with Gasteiger partial charge in [-0.15, -0.1) is 0 Å². The number of fused-ring (bicyclic) bond motifs is 1. The molecular weight excluding hydrogens is 290 g/mol. The molecule has 0 saturated carbocycles. The minimum Gasteiger partial charge on any atom is -0.495 e. The Kier molecular flexibility index (Phi) is 3.46. The quantitative estimate of drug-likeness (QED) is 0.727. The molecule has 112 valence electrons. The van der Waals surface area contributed by atoms with Crippen LogP contribution in [0, 0.1) is 11.6 Å². The van der Waals surface area contributed by atoms with Crippen molar-refractivity contribution in [3.05, 3.63) is 48.3 Å². The fraction of sp³-hybridized carbons (Fsp3) is 0.0667. The van der Waals surface area contributed by atoms with Crippen LogP contribution in [0.25, 0.3) is 10.9 Å². The summed E-state index contributed by atoms with van der Waals surface area (Å²) < 4.78 is 31.8. The molecule has 3 aromatic rings. The highest BCUT2D eigenvalue weighted by molar-refractivity contribution is 5.94. The van der Waals surface area contributed by atoms with Gasteiger partial charge in [-0.1, -0.05) is 0 Å². The Bertz CT molecular complexity index is 854. The van der Waals surface area contributed by atoms with Crippen molar-refractivity contribution in [2.24, 2.45) is 0 Å². The molecule has 0 fully saturated rings. The van der Waals surface area contributed by atoms with Crippen molar-refractivity contribution >= 4 is 28.1 Å². The largest absolute Gasteiger partial charge is 0.495 e. The molecule has 0 aliphatic rings. The van der Waals surface area contributed by atoms with Gasteiger partial charge in [0.15, 0.2) is 0 Å². The van der Waals surface area contributed by atoms with Crippen molar-refractivity contribution in [1.29, 1.82) is 0 Å². The molecular formula is C15H12F2N4O. The van der Waals surface area contributed by atoms with Crippen LogP contribution < -0.4 is 15.8 Å². The average Bonchev–Trinajstić information content (AvgIpc) is 2.50. The van der Waals surface area contributed by atoms with Crippen LogP contribution in [0.5, 0.6) is 5.75 Å². The van der Waals surface area contributed by atoms with E-state index < -0.39 is 11.6 Å². The van der Waals surface area contributed by atoms with Gasteiger partial charge in [0.1, 0.15) is 29.5 Å². The summed E-state index contributed by atoms with van der Waals surface area (Å²) in [5.41, 5.74) is 6.98. The zero-order chi connectivity index (χ0) is 15.7. The number of hydrogen-bond acceptors (Lipinski definition) is 5. The van der Waals surface area contributed by atoms with E-state index in [0.717, 1.165) is 12.1 Å². The van der Waals surface area contributed by atoms with Crippen LogP contribution in [0.3, 0.4) is 0 Å². The fourth-order valence-electron chi connectivity index (χ4n) is 2.10. The summed E-state index contributed by atoms with van der Waals surface area (Å²) in [5.74, 6) is -0.507. The molecule has 0 atom stereocenters. The van der Waals surface area contributed by atoms with E-state index in [1.807, 2.05) is 0 Å². The maximum Gasteiger partial charge on any atom is 0.149 e. The van der Waals surface area contributed by atoms with Gasteiger partial charge in [-0.2, -0.15) is 0 Å². The summed E-state index contributed by atoms with van der Waals surface area (Å²) in [6.45, 7) is 0. The van der Waals surface area contributed by atoms with Crippen LogP contribution in [0.1, 0.15) is 0 Å². The van der Waals surface area contributed by atoms with Crippen LogP contribution in [-0.4, -0.2) is 17.1 Å². The SMILES string of the molecule is COc1cc2ncnc(Nc3ccc(F)cc3F)c2cc1N. The number of ether oxygens (including phenoxy) is 1. The van der Waals surface area contributed by atoms with Gasteiger partial charge in [-0.25, -0.2) is 18.7 Å². The van der Waals surface area contributed by atoms with Gasteiger partial charge in [0.05, 0.1) is 24.0 Å². The number of methoxy groups -OCH3 is 1. The predicted octanol–water partition coefficient (Wildman–Crippen LogP) is 3.24. The van der Waals surface area contributed by atoms with E-state index in [9.17, 15) is 8.78 Å². The normalized spacial score (nSPS) is 10.7. The van der Waals surface area contributed by atoms with E-state index in [2.05, 4.69) is 15.3 Å². The maximum absolute atomic E-state index is 13.7. The number of anilines is 3. The second-order valence-corrected chi connectivity index (χ2v) is 4.58. The third kappa shape index (κ3) is 2.48. The summed E-state index contributed by atoms with van der Waals surface area (Å²) in [6.07, 6.45) is 1.34. The topological polar surface area (TPSA) is 73.1 Å². The van der Waals surface area contributed by atoms with Crippen LogP contribution in [0.15, 0.2) is 36.7 Å². The Balaban J connectivity index is 2.09. The molecule has 0 bridgehead atoms. The molecule has 0 saturated heterocycles. The van der Waals surface area contributed by atoms with E-state index in [-0.39, 0.29) is 5.69 Å². The molecule has 0 amide bonds. The first-order valence-corrected chi connectivity index (χ1v) is 6.39. The summed E-state index contributed by atoms with van der Waals surface area (Å²) in [4.78, 5) is 8.21. The molecule has 1 aromatic heterocycles. The van der Waals surface area contributed by atoms with Gasteiger partial charge in [0.25, 0.3) is 0 Å². The smallest absolute Gasteiger partial charge is 0.149 e. The highest BCUT2D eigenvalue weighted by atomic mass is 19.1. The van der Waals surface area contributed by atoms with Crippen LogP contribution in [-0.2, 0) is 0 Å². The molecule has 2 aromatic carbocycles. The summed E-state index contributed by atoms with van der Waals surface area (Å²) in [5, 5.41) is 3.42. The molecule has 22 heavy (non-hydrogen) atoms. The van der Waals surface area contributed by atoms with E-state index in [1.54, 1.807) is 12.1 Å². The van der Waals surface area contributed by atoms with Crippen molar-refractivity contribution in [2.75, 3.05) is 18.2 Å². The average molecular weight is 302 g/mol. The van der Waals surface area contributed by atoms with Crippen LogP contribution in [0.4, 0.5) is 26.0 Å². The molecule has 0 radical (unpaired) electrons. The Morgan fingerprint density at radius 2 is 1.95 bits per heavy atom. The maximum atomic E-state index is 13.7. The minimum atomic E-state index is -0.715. The Labute approximate surface area is 124 Å². The summed E-state index contributed by atoms with van der Waals surface area (Å²) in [6, 6.07) is 6.55. The number of hydrogen-bond donors (Lipinski definition) is 2. The Hall–Kier alpha value is -2.96. The lowest BCUT2D eigenvalue weighted by atomic mass is 10.2.